The van der Waals surface area contributed by atoms with Crippen molar-refractivity contribution in [3.05, 3.63) is 95.1 Å². The molecule has 0 bridgehead atoms. The molecule has 1 aliphatic heterocycles. The lowest BCUT2D eigenvalue weighted by atomic mass is 9.83. The summed E-state index contributed by atoms with van der Waals surface area (Å²) >= 11 is 0. The lowest BCUT2D eigenvalue weighted by molar-refractivity contribution is -0.140. The van der Waals surface area contributed by atoms with E-state index in [0.29, 0.717) is 6.42 Å². The number of ether oxygens (including phenoxy) is 1. The predicted octanol–water partition coefficient (Wildman–Crippen LogP) is 5.60. The van der Waals surface area contributed by atoms with Gasteiger partial charge in [0.25, 0.3) is 0 Å². The van der Waals surface area contributed by atoms with E-state index in [0.717, 1.165) is 61.6 Å². The lowest BCUT2D eigenvalue weighted by Gasteiger charge is -2.33. The molecule has 1 saturated carbocycles. The van der Waals surface area contributed by atoms with Gasteiger partial charge in [-0.05, 0) is 77.8 Å². The van der Waals surface area contributed by atoms with Gasteiger partial charge < -0.3 is 26.0 Å². The Labute approximate surface area is 271 Å². The smallest absolute Gasteiger partial charge is 0.407 e. The van der Waals surface area contributed by atoms with E-state index < -0.39 is 24.2 Å². The molecule has 7 rings (SSSR count). The molecule has 8 heteroatoms. The van der Waals surface area contributed by atoms with Crippen LogP contribution in [0.4, 0.5) is 4.79 Å². The predicted molar refractivity (Wildman–Crippen MR) is 177 cm³/mol. The average Bonchev–Trinajstić information content (AvgIpc) is 3.66. The van der Waals surface area contributed by atoms with Crippen LogP contribution in [0.25, 0.3) is 11.1 Å². The molecule has 3 amide bonds. The number of likely N-dealkylation sites (tertiary alicyclic amines) is 1. The van der Waals surface area contributed by atoms with Crippen LogP contribution in [0.15, 0.2) is 72.8 Å². The second-order valence-corrected chi connectivity index (χ2v) is 13.5. The topological polar surface area (TPSA) is 114 Å². The molecule has 3 aromatic carbocycles. The maximum Gasteiger partial charge on any atom is 0.407 e. The molecule has 0 spiro atoms. The summed E-state index contributed by atoms with van der Waals surface area (Å²) in [6, 6.07) is 22.8. The fourth-order valence-electron chi connectivity index (χ4n) is 8.30. The van der Waals surface area contributed by atoms with Crippen LogP contribution in [-0.2, 0) is 20.7 Å². The summed E-state index contributed by atoms with van der Waals surface area (Å²) < 4.78 is 5.82. The molecule has 4 atom stereocenters. The van der Waals surface area contributed by atoms with Gasteiger partial charge in [-0.15, -0.1) is 0 Å². The molecule has 1 saturated heterocycles. The van der Waals surface area contributed by atoms with Crippen molar-refractivity contribution in [1.82, 2.24) is 15.5 Å². The minimum absolute atomic E-state index is 0.0507. The van der Waals surface area contributed by atoms with E-state index >= 15 is 0 Å². The Hall–Kier alpha value is -4.17. The standard InChI is InChI=1S/C38H44N4O4/c39-35(25-12-2-1-3-13-25)37(44)42-22-26(21-34(42)36(43)41-33-20-10-14-24-11-4-5-15-27(24)33)40-38(45)46-23-32-30-18-8-6-16-28(30)29-17-7-9-19-31(29)32/h4-9,11,15-19,25-26,32-35H,1-3,10,12-14,20-23,39H2,(H,40,45)(H,41,43)/t26-,33+,34-,35?/m0/s1. The third-order valence-corrected chi connectivity index (χ3v) is 10.7. The SMILES string of the molecule is NC(C(=O)N1C[C@@H](NC(=O)OCC2c3ccccc3-c3ccccc32)C[C@H]1C(=O)N[C@@H]1CCCc2ccccc21)C1CCCCC1. The van der Waals surface area contributed by atoms with Crippen molar-refractivity contribution in [1.29, 1.82) is 0 Å². The largest absolute Gasteiger partial charge is 0.449 e. The Balaban J connectivity index is 1.04. The third-order valence-electron chi connectivity index (χ3n) is 10.7. The number of carbonyl (C=O) groups is 3. The Morgan fingerprint density at radius 2 is 1.46 bits per heavy atom. The summed E-state index contributed by atoms with van der Waals surface area (Å²) in [4.78, 5) is 42.6. The molecule has 1 unspecified atom stereocenters. The van der Waals surface area contributed by atoms with E-state index in [4.69, 9.17) is 10.5 Å². The second kappa shape index (κ2) is 13.3. The Morgan fingerprint density at radius 3 is 2.17 bits per heavy atom. The zero-order valence-corrected chi connectivity index (χ0v) is 26.3. The van der Waals surface area contributed by atoms with E-state index in [-0.39, 0.29) is 42.8 Å². The third kappa shape index (κ3) is 6.03. The number of nitrogens with two attached hydrogens (primary N) is 1. The number of nitrogens with zero attached hydrogens (tertiary/aromatic N) is 1. The molecule has 3 aliphatic carbocycles. The molecule has 4 aliphatic rings. The van der Waals surface area contributed by atoms with Crippen LogP contribution in [0.5, 0.6) is 0 Å². The molecule has 240 valence electrons. The highest BCUT2D eigenvalue weighted by atomic mass is 16.5. The van der Waals surface area contributed by atoms with Crippen molar-refractivity contribution in [3.8, 4) is 11.1 Å². The maximum absolute atomic E-state index is 13.9. The van der Waals surface area contributed by atoms with Crippen molar-refractivity contribution in [2.24, 2.45) is 11.7 Å². The number of fused-ring (bicyclic) bond motifs is 4. The van der Waals surface area contributed by atoms with E-state index in [2.05, 4.69) is 47.0 Å². The van der Waals surface area contributed by atoms with Gasteiger partial charge in [0.1, 0.15) is 12.6 Å². The van der Waals surface area contributed by atoms with Crippen LogP contribution in [0.1, 0.15) is 85.6 Å². The van der Waals surface area contributed by atoms with Crippen molar-refractivity contribution in [2.75, 3.05) is 13.2 Å². The van der Waals surface area contributed by atoms with Gasteiger partial charge in [-0.3, -0.25) is 9.59 Å². The molecule has 2 fully saturated rings. The zero-order chi connectivity index (χ0) is 31.6. The number of hydrogen-bond acceptors (Lipinski definition) is 5. The number of aryl methyl sites for hydroxylation is 1. The highest BCUT2D eigenvalue weighted by molar-refractivity contribution is 5.91. The first kappa shape index (κ1) is 30.5. The Kier molecular flexibility index (Phi) is 8.80. The molecular weight excluding hydrogens is 576 g/mol. The van der Waals surface area contributed by atoms with Gasteiger partial charge in [0.05, 0.1) is 18.1 Å². The molecular formula is C38H44N4O4. The summed E-state index contributed by atoms with van der Waals surface area (Å²) in [5, 5.41) is 6.24. The highest BCUT2D eigenvalue weighted by Gasteiger charge is 2.44. The zero-order valence-electron chi connectivity index (χ0n) is 26.3. The van der Waals surface area contributed by atoms with Gasteiger partial charge in [0.15, 0.2) is 0 Å². The fourth-order valence-corrected chi connectivity index (χ4v) is 8.30. The first-order valence-corrected chi connectivity index (χ1v) is 17.0. The van der Waals surface area contributed by atoms with Crippen LogP contribution in [0, 0.1) is 5.92 Å². The number of carbonyl (C=O) groups excluding carboxylic acids is 3. The van der Waals surface area contributed by atoms with Crippen LogP contribution < -0.4 is 16.4 Å². The van der Waals surface area contributed by atoms with Gasteiger partial charge in [0.2, 0.25) is 11.8 Å². The summed E-state index contributed by atoms with van der Waals surface area (Å²) in [6.45, 7) is 0.426. The van der Waals surface area contributed by atoms with Crippen LogP contribution in [0.2, 0.25) is 0 Å². The minimum atomic E-state index is -0.713. The normalized spacial score (nSPS) is 23.2. The quantitative estimate of drug-likeness (QED) is 0.319. The highest BCUT2D eigenvalue weighted by Crippen LogP contribution is 2.44. The molecule has 8 nitrogen and oxygen atoms in total. The minimum Gasteiger partial charge on any atom is -0.449 e. The summed E-state index contributed by atoms with van der Waals surface area (Å²) in [5.74, 6) is -0.329. The lowest BCUT2D eigenvalue weighted by Crippen LogP contribution is -2.54. The fraction of sp³-hybridized carbons (Fsp3) is 0.447. The van der Waals surface area contributed by atoms with Crippen molar-refractivity contribution in [2.45, 2.75) is 87.9 Å². The number of amides is 3. The van der Waals surface area contributed by atoms with Crippen LogP contribution in [0.3, 0.4) is 0 Å². The summed E-state index contributed by atoms with van der Waals surface area (Å²) in [6.07, 6.45) is 7.78. The van der Waals surface area contributed by atoms with Crippen molar-refractivity contribution < 1.29 is 19.1 Å². The summed E-state index contributed by atoms with van der Waals surface area (Å²) in [5.41, 5.74) is 13.6. The maximum atomic E-state index is 13.9. The number of nitrogens with one attached hydrogen (secondary N) is 2. The Bertz CT molecular complexity index is 1560. The first-order chi connectivity index (χ1) is 22.5. The van der Waals surface area contributed by atoms with Crippen molar-refractivity contribution in [3.63, 3.8) is 0 Å². The van der Waals surface area contributed by atoms with Gasteiger partial charge in [-0.25, -0.2) is 4.79 Å². The number of benzene rings is 3. The second-order valence-electron chi connectivity index (χ2n) is 13.5. The first-order valence-electron chi connectivity index (χ1n) is 17.0. The molecule has 46 heavy (non-hydrogen) atoms. The Morgan fingerprint density at radius 1 is 0.804 bits per heavy atom. The molecule has 4 N–H and O–H groups in total. The average molecular weight is 621 g/mol. The molecule has 3 aromatic rings. The van der Waals surface area contributed by atoms with Gasteiger partial charge in [0, 0.05) is 12.5 Å². The monoisotopic (exact) mass is 620 g/mol. The van der Waals surface area contributed by atoms with Crippen molar-refractivity contribution >= 4 is 17.9 Å². The van der Waals surface area contributed by atoms with Gasteiger partial charge >= 0.3 is 6.09 Å². The van der Waals surface area contributed by atoms with Crippen LogP contribution in [-0.4, -0.2) is 54.1 Å². The van der Waals surface area contributed by atoms with E-state index in [1.807, 2.05) is 36.4 Å². The van der Waals surface area contributed by atoms with E-state index in [1.54, 1.807) is 4.90 Å². The molecule has 0 radical (unpaired) electrons. The van der Waals surface area contributed by atoms with Crippen LogP contribution >= 0.6 is 0 Å². The van der Waals surface area contributed by atoms with Gasteiger partial charge in [-0.1, -0.05) is 92.1 Å². The van der Waals surface area contributed by atoms with E-state index in [1.165, 1.54) is 23.1 Å². The number of hydrogen-bond donors (Lipinski definition) is 3. The molecule has 0 aromatic heterocycles. The van der Waals surface area contributed by atoms with Gasteiger partial charge in [-0.2, -0.15) is 0 Å². The molecule has 1 heterocycles. The number of rotatable bonds is 7. The van der Waals surface area contributed by atoms with E-state index in [9.17, 15) is 14.4 Å². The number of alkyl carbamates (subject to hydrolysis) is 1. The summed E-state index contributed by atoms with van der Waals surface area (Å²) in [7, 11) is 0.